The summed E-state index contributed by atoms with van der Waals surface area (Å²) in [6, 6.07) is 5.18. The summed E-state index contributed by atoms with van der Waals surface area (Å²) in [7, 11) is 2.88. The van der Waals surface area contributed by atoms with Gasteiger partial charge in [0, 0.05) is 0 Å². The van der Waals surface area contributed by atoms with Crippen molar-refractivity contribution in [2.45, 2.75) is 13.0 Å². The van der Waals surface area contributed by atoms with Gasteiger partial charge in [-0.3, -0.25) is 0 Å². The predicted molar refractivity (Wildman–Crippen MR) is 62.0 cm³/mol. The molecule has 0 fully saturated rings. The maximum Gasteiger partial charge on any atom is 0.407 e. The molecule has 1 atom stereocenters. The second-order valence-electron chi connectivity index (χ2n) is 3.25. The van der Waals surface area contributed by atoms with Crippen molar-refractivity contribution in [1.82, 2.24) is 5.32 Å². The van der Waals surface area contributed by atoms with Crippen LogP contribution in [0.15, 0.2) is 18.2 Å². The van der Waals surface area contributed by atoms with Gasteiger partial charge in [0.2, 0.25) is 0 Å². The zero-order valence-electron chi connectivity index (χ0n) is 9.41. The number of hydrogen-bond donors (Lipinski definition) is 1. The molecule has 1 aromatic carbocycles. The fraction of sp³-hybridized carbons (Fsp3) is 0.364. The number of halogens is 1. The molecule has 0 bridgehead atoms. The summed E-state index contributed by atoms with van der Waals surface area (Å²) in [5, 5.41) is 3.16. The Balaban J connectivity index is 2.80. The average Bonchev–Trinajstić information content (AvgIpc) is 2.28. The molecule has 0 radical (unpaired) electrons. The third-order valence-corrected chi connectivity index (χ3v) is 2.49. The van der Waals surface area contributed by atoms with E-state index in [1.54, 1.807) is 19.2 Å². The number of amides is 1. The standard InChI is InChI=1S/C11H14ClNO3/c1-7(13-11(14)16-3)8-4-5-10(15-2)9(12)6-8/h4-7H,1-3H3,(H,13,14). The third-order valence-electron chi connectivity index (χ3n) is 2.20. The predicted octanol–water partition coefficient (Wildman–Crippen LogP) is 2.77. The number of nitrogens with one attached hydrogen (secondary N) is 1. The molecule has 0 aliphatic rings. The number of benzene rings is 1. The Morgan fingerprint density at radius 2 is 2.12 bits per heavy atom. The zero-order valence-corrected chi connectivity index (χ0v) is 10.2. The number of methoxy groups -OCH3 is 2. The highest BCUT2D eigenvalue weighted by atomic mass is 35.5. The summed E-state index contributed by atoms with van der Waals surface area (Å²) < 4.78 is 9.55. The van der Waals surface area contributed by atoms with Crippen molar-refractivity contribution in [2.24, 2.45) is 0 Å². The van der Waals surface area contributed by atoms with E-state index in [4.69, 9.17) is 16.3 Å². The minimum Gasteiger partial charge on any atom is -0.495 e. The van der Waals surface area contributed by atoms with Gasteiger partial charge in [0.25, 0.3) is 0 Å². The monoisotopic (exact) mass is 243 g/mol. The fourth-order valence-corrected chi connectivity index (χ4v) is 1.54. The topological polar surface area (TPSA) is 47.6 Å². The van der Waals surface area contributed by atoms with Gasteiger partial charge in [-0.25, -0.2) is 4.79 Å². The van der Waals surface area contributed by atoms with E-state index >= 15 is 0 Å². The molecule has 0 aliphatic heterocycles. The van der Waals surface area contributed by atoms with Crippen LogP contribution in [0.2, 0.25) is 5.02 Å². The Hall–Kier alpha value is -1.42. The van der Waals surface area contributed by atoms with Crippen LogP contribution in [0, 0.1) is 0 Å². The smallest absolute Gasteiger partial charge is 0.407 e. The van der Waals surface area contributed by atoms with Gasteiger partial charge in [-0.2, -0.15) is 0 Å². The molecule has 4 nitrogen and oxygen atoms in total. The largest absolute Gasteiger partial charge is 0.495 e. The molecule has 1 aromatic rings. The lowest BCUT2D eigenvalue weighted by atomic mass is 10.1. The molecule has 88 valence electrons. The minimum atomic E-state index is -0.473. The highest BCUT2D eigenvalue weighted by molar-refractivity contribution is 6.32. The highest BCUT2D eigenvalue weighted by Gasteiger charge is 2.11. The molecule has 0 saturated carbocycles. The minimum absolute atomic E-state index is 0.171. The van der Waals surface area contributed by atoms with Gasteiger partial charge in [-0.15, -0.1) is 0 Å². The molecule has 1 amide bonds. The van der Waals surface area contributed by atoms with Crippen molar-refractivity contribution in [3.8, 4) is 5.75 Å². The molecule has 0 saturated heterocycles. The maximum atomic E-state index is 11.0. The number of carbonyl (C=O) groups excluding carboxylic acids is 1. The van der Waals surface area contributed by atoms with E-state index in [-0.39, 0.29) is 6.04 Å². The van der Waals surface area contributed by atoms with Crippen molar-refractivity contribution in [3.63, 3.8) is 0 Å². The number of alkyl carbamates (subject to hydrolysis) is 1. The molecule has 0 spiro atoms. The van der Waals surface area contributed by atoms with Crippen LogP contribution in [0.25, 0.3) is 0 Å². The van der Waals surface area contributed by atoms with Gasteiger partial charge in [0.1, 0.15) is 5.75 Å². The van der Waals surface area contributed by atoms with Gasteiger partial charge in [0.15, 0.2) is 0 Å². The Bertz CT molecular complexity index is 381. The quantitative estimate of drug-likeness (QED) is 0.888. The first-order chi connectivity index (χ1) is 7.58. The van der Waals surface area contributed by atoms with Crippen LogP contribution in [0.3, 0.4) is 0 Å². The van der Waals surface area contributed by atoms with Crippen molar-refractivity contribution >= 4 is 17.7 Å². The highest BCUT2D eigenvalue weighted by Crippen LogP contribution is 2.27. The lowest BCUT2D eigenvalue weighted by Gasteiger charge is -2.14. The van der Waals surface area contributed by atoms with Crippen molar-refractivity contribution in [1.29, 1.82) is 0 Å². The molecule has 16 heavy (non-hydrogen) atoms. The van der Waals surface area contributed by atoms with Crippen molar-refractivity contribution in [2.75, 3.05) is 14.2 Å². The molecular formula is C11H14ClNO3. The van der Waals surface area contributed by atoms with E-state index in [1.165, 1.54) is 7.11 Å². The van der Waals surface area contributed by atoms with Gasteiger partial charge in [0.05, 0.1) is 25.3 Å². The SMILES string of the molecule is COC(=O)NC(C)c1ccc(OC)c(Cl)c1. The second-order valence-corrected chi connectivity index (χ2v) is 3.66. The summed E-state index contributed by atoms with van der Waals surface area (Å²) in [6.07, 6.45) is -0.473. The van der Waals surface area contributed by atoms with Gasteiger partial charge in [-0.1, -0.05) is 17.7 Å². The molecule has 0 aromatic heterocycles. The summed E-state index contributed by atoms with van der Waals surface area (Å²) in [4.78, 5) is 11.0. The van der Waals surface area contributed by atoms with E-state index in [0.29, 0.717) is 10.8 Å². The van der Waals surface area contributed by atoms with E-state index < -0.39 is 6.09 Å². The Morgan fingerprint density at radius 3 is 2.62 bits per heavy atom. The van der Waals surface area contributed by atoms with Gasteiger partial charge in [-0.05, 0) is 24.6 Å². The summed E-state index contributed by atoms with van der Waals surface area (Å²) in [5.41, 5.74) is 0.885. The number of rotatable bonds is 3. The maximum absolute atomic E-state index is 11.0. The van der Waals surface area contributed by atoms with E-state index in [0.717, 1.165) is 5.56 Å². The van der Waals surface area contributed by atoms with Crippen LogP contribution in [0.1, 0.15) is 18.5 Å². The molecule has 0 heterocycles. The van der Waals surface area contributed by atoms with E-state index in [9.17, 15) is 4.79 Å². The number of ether oxygens (including phenoxy) is 2. The molecule has 1 N–H and O–H groups in total. The van der Waals surface area contributed by atoms with Crippen LogP contribution in [-0.4, -0.2) is 20.3 Å². The van der Waals surface area contributed by atoms with Crippen LogP contribution < -0.4 is 10.1 Å². The normalized spacial score (nSPS) is 11.8. The summed E-state index contributed by atoms with van der Waals surface area (Å²) in [5.74, 6) is 0.607. The van der Waals surface area contributed by atoms with Gasteiger partial charge < -0.3 is 14.8 Å². The molecule has 1 unspecified atom stereocenters. The van der Waals surface area contributed by atoms with Crippen LogP contribution in [0.5, 0.6) is 5.75 Å². The fourth-order valence-electron chi connectivity index (χ4n) is 1.27. The van der Waals surface area contributed by atoms with Crippen molar-refractivity contribution < 1.29 is 14.3 Å². The molecule has 1 rings (SSSR count). The van der Waals surface area contributed by atoms with Crippen LogP contribution >= 0.6 is 11.6 Å². The average molecular weight is 244 g/mol. The first kappa shape index (κ1) is 12.6. The number of hydrogen-bond acceptors (Lipinski definition) is 3. The summed E-state index contributed by atoms with van der Waals surface area (Å²) in [6.45, 7) is 1.84. The third kappa shape index (κ3) is 3.03. The second kappa shape index (κ2) is 5.61. The zero-order chi connectivity index (χ0) is 12.1. The molecule has 0 aliphatic carbocycles. The summed E-state index contributed by atoms with van der Waals surface area (Å²) >= 11 is 5.98. The molecular weight excluding hydrogens is 230 g/mol. The first-order valence-corrected chi connectivity index (χ1v) is 5.14. The van der Waals surface area contributed by atoms with Crippen LogP contribution in [-0.2, 0) is 4.74 Å². The van der Waals surface area contributed by atoms with Crippen molar-refractivity contribution in [3.05, 3.63) is 28.8 Å². The van der Waals surface area contributed by atoms with Crippen LogP contribution in [0.4, 0.5) is 4.79 Å². The van der Waals surface area contributed by atoms with E-state index in [1.807, 2.05) is 13.0 Å². The Kier molecular flexibility index (Phi) is 4.43. The lowest BCUT2D eigenvalue weighted by molar-refractivity contribution is 0.167. The Morgan fingerprint density at radius 1 is 1.44 bits per heavy atom. The first-order valence-electron chi connectivity index (χ1n) is 4.76. The lowest BCUT2D eigenvalue weighted by Crippen LogP contribution is -2.26. The molecule has 5 heteroatoms. The van der Waals surface area contributed by atoms with Gasteiger partial charge >= 0.3 is 6.09 Å². The number of carbonyl (C=O) groups is 1. The van der Waals surface area contributed by atoms with E-state index in [2.05, 4.69) is 10.1 Å². The Labute approximate surface area is 99.5 Å².